The highest BCUT2D eigenvalue weighted by Crippen LogP contribution is 2.60. The van der Waals surface area contributed by atoms with Crippen LogP contribution in [0, 0.1) is 17.3 Å². The van der Waals surface area contributed by atoms with Crippen molar-refractivity contribution in [3.63, 3.8) is 0 Å². The Hall–Kier alpha value is -2.35. The molecular formula is C24H26N2. The average Bonchev–Trinajstić information content (AvgIpc) is 3.15. The number of hydrazone groups is 1. The Balaban J connectivity index is 1.53. The minimum atomic E-state index is 0.287. The van der Waals surface area contributed by atoms with Gasteiger partial charge in [0.25, 0.3) is 0 Å². The van der Waals surface area contributed by atoms with Crippen LogP contribution in [0.3, 0.4) is 0 Å². The molecule has 2 aromatic rings. The molecule has 26 heavy (non-hydrogen) atoms. The second-order valence-corrected chi connectivity index (χ2v) is 8.56. The molecule has 1 unspecified atom stereocenters. The molecule has 1 aliphatic heterocycles. The number of fused-ring (bicyclic) bond motifs is 1. The first kappa shape index (κ1) is 15.9. The Morgan fingerprint density at radius 2 is 1.65 bits per heavy atom. The fourth-order valence-electron chi connectivity index (χ4n) is 5.11. The topological polar surface area (TPSA) is 15.6 Å². The molecule has 4 aliphatic rings. The molecule has 1 fully saturated rings. The first-order valence-electron chi connectivity index (χ1n) is 9.81. The van der Waals surface area contributed by atoms with Crippen molar-refractivity contribution in [3.05, 3.63) is 77.9 Å². The molecule has 0 amide bonds. The van der Waals surface area contributed by atoms with Gasteiger partial charge in [0.15, 0.2) is 0 Å². The summed E-state index contributed by atoms with van der Waals surface area (Å²) in [6.07, 6.45) is 6.06. The van der Waals surface area contributed by atoms with Crippen LogP contribution in [0.15, 0.2) is 77.4 Å². The molecule has 2 heteroatoms. The summed E-state index contributed by atoms with van der Waals surface area (Å²) in [6.45, 7) is 4.88. The number of hydrogen-bond acceptors (Lipinski definition) is 2. The van der Waals surface area contributed by atoms with Crippen LogP contribution in [0.2, 0.25) is 0 Å². The van der Waals surface area contributed by atoms with E-state index in [0.717, 1.165) is 12.3 Å². The number of nitrogens with zero attached hydrogens (tertiary/aromatic N) is 2. The maximum absolute atomic E-state index is 5.16. The van der Waals surface area contributed by atoms with Gasteiger partial charge in [-0.15, -0.1) is 0 Å². The van der Waals surface area contributed by atoms with E-state index in [4.69, 9.17) is 5.10 Å². The lowest BCUT2D eigenvalue weighted by atomic mass is 9.48. The van der Waals surface area contributed by atoms with Gasteiger partial charge in [0.2, 0.25) is 0 Å². The second kappa shape index (κ2) is 5.84. The molecule has 6 rings (SSSR count). The van der Waals surface area contributed by atoms with Gasteiger partial charge in [0.1, 0.15) is 0 Å². The quantitative estimate of drug-likeness (QED) is 0.669. The zero-order chi connectivity index (χ0) is 17.7. The zero-order valence-electron chi connectivity index (χ0n) is 15.6. The monoisotopic (exact) mass is 342 g/mol. The Labute approximate surface area is 156 Å². The van der Waals surface area contributed by atoms with Crippen molar-refractivity contribution in [1.29, 1.82) is 0 Å². The third-order valence-electron chi connectivity index (χ3n) is 6.92. The summed E-state index contributed by atoms with van der Waals surface area (Å²) in [5, 5.41) is 7.40. The lowest BCUT2D eigenvalue weighted by molar-refractivity contribution is -0.00174. The van der Waals surface area contributed by atoms with Crippen LogP contribution < -0.4 is 5.01 Å². The standard InChI is InChI=1S/C24H26N2/c1-24(2)18-13-14-20(21(24)15-18)22-16-23(17-9-5-3-6-10-17)26(25-22)19-11-7-4-8-12-19/h3-12,14,18,21,23H,13,15-16H2,1-2H3/t18-,21-,23?/m0/s1. The number of hydrogen-bond donors (Lipinski definition) is 0. The SMILES string of the molecule is CC1(C)[C@H]2CC=C(C3=NN(c4ccccc4)C(c4ccccc4)C3)[C@@H]1C2. The third kappa shape index (κ3) is 2.35. The van der Waals surface area contributed by atoms with Gasteiger partial charge in [-0.1, -0.05) is 68.5 Å². The lowest BCUT2D eigenvalue weighted by Crippen LogP contribution is -2.49. The highest BCUT2D eigenvalue weighted by molar-refractivity contribution is 6.03. The fraction of sp³-hybridized carbons (Fsp3) is 0.375. The summed E-state index contributed by atoms with van der Waals surface area (Å²) in [6, 6.07) is 21.7. The minimum absolute atomic E-state index is 0.287. The summed E-state index contributed by atoms with van der Waals surface area (Å²) in [5.74, 6) is 1.56. The van der Waals surface area contributed by atoms with Crippen LogP contribution in [0.25, 0.3) is 0 Å². The molecule has 0 aromatic heterocycles. The Kier molecular flexibility index (Phi) is 3.56. The normalized spacial score (nSPS) is 29.0. The minimum Gasteiger partial charge on any atom is -0.257 e. The van der Waals surface area contributed by atoms with E-state index in [9.17, 15) is 0 Å². The largest absolute Gasteiger partial charge is 0.257 e. The van der Waals surface area contributed by atoms with Gasteiger partial charge in [-0.2, -0.15) is 5.10 Å². The maximum Gasteiger partial charge on any atom is 0.0831 e. The average molecular weight is 342 g/mol. The number of rotatable bonds is 3. The summed E-state index contributed by atoms with van der Waals surface area (Å²) < 4.78 is 0. The Bertz CT molecular complexity index is 864. The van der Waals surface area contributed by atoms with E-state index in [2.05, 4.69) is 85.6 Å². The van der Waals surface area contributed by atoms with Crippen molar-refractivity contribution in [2.75, 3.05) is 5.01 Å². The van der Waals surface area contributed by atoms with Crippen LogP contribution in [-0.4, -0.2) is 5.71 Å². The van der Waals surface area contributed by atoms with Gasteiger partial charge < -0.3 is 0 Å². The molecule has 2 bridgehead atoms. The molecule has 0 spiro atoms. The van der Waals surface area contributed by atoms with Crippen molar-refractivity contribution in [2.24, 2.45) is 22.4 Å². The smallest absolute Gasteiger partial charge is 0.0831 e. The zero-order valence-corrected chi connectivity index (χ0v) is 15.6. The van der Waals surface area contributed by atoms with E-state index in [1.54, 1.807) is 0 Å². The summed E-state index contributed by atoms with van der Waals surface area (Å²) >= 11 is 0. The Morgan fingerprint density at radius 3 is 2.31 bits per heavy atom. The van der Waals surface area contributed by atoms with Crippen LogP contribution in [0.1, 0.15) is 44.7 Å². The molecule has 3 aliphatic carbocycles. The van der Waals surface area contributed by atoms with Gasteiger partial charge in [0.05, 0.1) is 17.4 Å². The van der Waals surface area contributed by atoms with E-state index >= 15 is 0 Å². The van der Waals surface area contributed by atoms with Crippen LogP contribution in [0.5, 0.6) is 0 Å². The number of para-hydroxylation sites is 1. The highest BCUT2D eigenvalue weighted by atomic mass is 15.5. The van der Waals surface area contributed by atoms with E-state index < -0.39 is 0 Å². The first-order valence-corrected chi connectivity index (χ1v) is 9.81. The number of allylic oxidation sites excluding steroid dienone is 2. The van der Waals surface area contributed by atoms with Crippen LogP contribution >= 0.6 is 0 Å². The van der Waals surface area contributed by atoms with Crippen molar-refractivity contribution >= 4 is 11.4 Å². The Morgan fingerprint density at radius 1 is 0.962 bits per heavy atom. The van der Waals surface area contributed by atoms with Crippen LogP contribution in [-0.2, 0) is 0 Å². The number of benzene rings is 2. The predicted octanol–water partition coefficient (Wildman–Crippen LogP) is 5.99. The van der Waals surface area contributed by atoms with E-state index in [0.29, 0.717) is 11.3 Å². The van der Waals surface area contributed by atoms with Crippen molar-refractivity contribution in [2.45, 2.75) is 39.2 Å². The van der Waals surface area contributed by atoms with Gasteiger partial charge in [0, 0.05) is 6.42 Å². The van der Waals surface area contributed by atoms with Gasteiger partial charge in [-0.25, -0.2) is 0 Å². The molecular weight excluding hydrogens is 316 g/mol. The fourth-order valence-corrected chi connectivity index (χ4v) is 5.11. The third-order valence-corrected chi connectivity index (χ3v) is 6.92. The lowest BCUT2D eigenvalue weighted by Gasteiger charge is -2.56. The molecule has 2 nitrogen and oxygen atoms in total. The van der Waals surface area contributed by atoms with E-state index in [1.165, 1.54) is 35.4 Å². The molecule has 2 aromatic carbocycles. The number of anilines is 1. The molecule has 0 N–H and O–H groups in total. The second-order valence-electron chi connectivity index (χ2n) is 8.56. The summed E-state index contributed by atoms with van der Waals surface area (Å²) in [4.78, 5) is 0. The van der Waals surface area contributed by atoms with Gasteiger partial charge in [-0.05, 0) is 53.4 Å². The van der Waals surface area contributed by atoms with E-state index in [-0.39, 0.29) is 6.04 Å². The van der Waals surface area contributed by atoms with Gasteiger partial charge in [-0.3, -0.25) is 5.01 Å². The highest BCUT2D eigenvalue weighted by Gasteiger charge is 2.52. The van der Waals surface area contributed by atoms with Crippen molar-refractivity contribution in [1.82, 2.24) is 0 Å². The van der Waals surface area contributed by atoms with Crippen LogP contribution in [0.4, 0.5) is 5.69 Å². The summed E-state index contributed by atoms with van der Waals surface area (Å²) in [5.41, 5.74) is 5.79. The molecule has 1 saturated carbocycles. The van der Waals surface area contributed by atoms with E-state index in [1.807, 2.05) is 0 Å². The molecule has 0 saturated heterocycles. The molecule has 0 radical (unpaired) electrons. The molecule has 1 heterocycles. The van der Waals surface area contributed by atoms with Crippen molar-refractivity contribution in [3.8, 4) is 0 Å². The predicted molar refractivity (Wildman–Crippen MR) is 108 cm³/mol. The van der Waals surface area contributed by atoms with Crippen molar-refractivity contribution < 1.29 is 0 Å². The maximum atomic E-state index is 5.16. The summed E-state index contributed by atoms with van der Waals surface area (Å²) in [7, 11) is 0. The molecule has 3 atom stereocenters. The van der Waals surface area contributed by atoms with Gasteiger partial charge >= 0.3 is 0 Å². The first-order chi connectivity index (χ1) is 12.6. The molecule has 132 valence electrons.